The van der Waals surface area contributed by atoms with Gasteiger partial charge in [-0.15, -0.1) is 0 Å². The molecule has 3 nitrogen and oxygen atoms in total. The molecule has 0 aliphatic heterocycles. The molecule has 1 amide bonds. The Bertz CT molecular complexity index is 585. The van der Waals surface area contributed by atoms with E-state index < -0.39 is 0 Å². The van der Waals surface area contributed by atoms with Gasteiger partial charge in [0.1, 0.15) is 0 Å². The highest BCUT2D eigenvalue weighted by molar-refractivity contribution is 5.81. The maximum atomic E-state index is 12.5. The molecule has 1 unspecified atom stereocenters. The van der Waals surface area contributed by atoms with E-state index in [4.69, 9.17) is 0 Å². The Morgan fingerprint density at radius 3 is 2.52 bits per heavy atom. The number of hydrogen-bond acceptors (Lipinski definition) is 2. The predicted molar refractivity (Wildman–Crippen MR) is 92.9 cm³/mol. The van der Waals surface area contributed by atoms with Gasteiger partial charge in [0.25, 0.3) is 0 Å². The van der Waals surface area contributed by atoms with Crippen molar-refractivity contribution in [3.8, 4) is 0 Å². The highest BCUT2D eigenvalue weighted by Crippen LogP contribution is 2.32. The van der Waals surface area contributed by atoms with Crippen molar-refractivity contribution < 1.29 is 9.90 Å². The SMILES string of the molecule is Cc1ccccc1C1=CCC(C(=O)NC2CCC(O)CC2)CC1. The van der Waals surface area contributed by atoms with Gasteiger partial charge in [-0.25, -0.2) is 0 Å². The Morgan fingerprint density at radius 1 is 1.13 bits per heavy atom. The molecule has 1 saturated carbocycles. The summed E-state index contributed by atoms with van der Waals surface area (Å²) >= 11 is 0. The van der Waals surface area contributed by atoms with Crippen molar-refractivity contribution in [2.75, 3.05) is 0 Å². The zero-order valence-electron chi connectivity index (χ0n) is 13.9. The molecule has 0 saturated heterocycles. The van der Waals surface area contributed by atoms with E-state index in [1.807, 2.05) is 0 Å². The number of rotatable bonds is 3. The fourth-order valence-corrected chi connectivity index (χ4v) is 3.79. The molecular weight excluding hydrogens is 286 g/mol. The molecular formula is C20H27NO2. The fraction of sp³-hybridized carbons (Fsp3) is 0.550. The Labute approximate surface area is 138 Å². The number of benzene rings is 1. The second kappa shape index (κ2) is 7.31. The summed E-state index contributed by atoms with van der Waals surface area (Å²) < 4.78 is 0. The van der Waals surface area contributed by atoms with Gasteiger partial charge in [0.15, 0.2) is 0 Å². The first kappa shape index (κ1) is 16.3. The van der Waals surface area contributed by atoms with E-state index in [0.717, 1.165) is 44.9 Å². The minimum Gasteiger partial charge on any atom is -0.393 e. The number of aryl methyl sites for hydroxylation is 1. The summed E-state index contributed by atoms with van der Waals surface area (Å²) in [7, 11) is 0. The number of hydrogen-bond donors (Lipinski definition) is 2. The maximum Gasteiger partial charge on any atom is 0.223 e. The summed E-state index contributed by atoms with van der Waals surface area (Å²) in [6.45, 7) is 2.15. The molecule has 23 heavy (non-hydrogen) atoms. The largest absolute Gasteiger partial charge is 0.393 e. The van der Waals surface area contributed by atoms with Crippen molar-refractivity contribution in [1.82, 2.24) is 5.32 Å². The molecule has 1 aromatic rings. The van der Waals surface area contributed by atoms with E-state index in [1.165, 1.54) is 16.7 Å². The highest BCUT2D eigenvalue weighted by Gasteiger charge is 2.26. The molecule has 0 radical (unpaired) electrons. The van der Waals surface area contributed by atoms with E-state index >= 15 is 0 Å². The van der Waals surface area contributed by atoms with Crippen LogP contribution >= 0.6 is 0 Å². The smallest absolute Gasteiger partial charge is 0.223 e. The Kier molecular flexibility index (Phi) is 5.16. The number of aliphatic hydroxyl groups excluding tert-OH is 1. The van der Waals surface area contributed by atoms with Crippen LogP contribution in [0.1, 0.15) is 56.1 Å². The van der Waals surface area contributed by atoms with Crippen LogP contribution in [-0.4, -0.2) is 23.2 Å². The number of amides is 1. The molecule has 1 atom stereocenters. The third-order valence-electron chi connectivity index (χ3n) is 5.32. The Morgan fingerprint density at radius 2 is 1.87 bits per heavy atom. The lowest BCUT2D eigenvalue weighted by Gasteiger charge is -2.29. The summed E-state index contributed by atoms with van der Waals surface area (Å²) in [6, 6.07) is 8.73. The van der Waals surface area contributed by atoms with E-state index in [1.54, 1.807) is 0 Å². The third kappa shape index (κ3) is 4.03. The van der Waals surface area contributed by atoms with Crippen molar-refractivity contribution >= 4 is 11.5 Å². The van der Waals surface area contributed by atoms with E-state index in [-0.39, 0.29) is 24.0 Å². The van der Waals surface area contributed by atoms with Gasteiger partial charge in [-0.1, -0.05) is 30.3 Å². The van der Waals surface area contributed by atoms with Crippen LogP contribution < -0.4 is 5.32 Å². The van der Waals surface area contributed by atoms with Gasteiger partial charge in [-0.2, -0.15) is 0 Å². The maximum absolute atomic E-state index is 12.5. The van der Waals surface area contributed by atoms with Crippen molar-refractivity contribution in [2.24, 2.45) is 5.92 Å². The van der Waals surface area contributed by atoms with E-state index in [9.17, 15) is 9.90 Å². The van der Waals surface area contributed by atoms with Gasteiger partial charge in [0, 0.05) is 12.0 Å². The quantitative estimate of drug-likeness (QED) is 0.896. The van der Waals surface area contributed by atoms with Gasteiger partial charge in [0.2, 0.25) is 5.91 Å². The van der Waals surface area contributed by atoms with Crippen LogP contribution in [0.25, 0.3) is 5.57 Å². The van der Waals surface area contributed by atoms with Crippen molar-refractivity contribution in [1.29, 1.82) is 0 Å². The third-order valence-corrected chi connectivity index (χ3v) is 5.32. The summed E-state index contributed by atoms with van der Waals surface area (Å²) in [5.41, 5.74) is 4.02. The molecule has 2 aliphatic carbocycles. The van der Waals surface area contributed by atoms with Gasteiger partial charge < -0.3 is 10.4 Å². The van der Waals surface area contributed by atoms with Gasteiger partial charge >= 0.3 is 0 Å². The molecule has 124 valence electrons. The van der Waals surface area contributed by atoms with Crippen LogP contribution in [-0.2, 0) is 4.79 Å². The number of aliphatic hydroxyl groups is 1. The second-order valence-electron chi connectivity index (χ2n) is 7.03. The average molecular weight is 313 g/mol. The summed E-state index contributed by atoms with van der Waals surface area (Å²) in [4.78, 5) is 12.5. The van der Waals surface area contributed by atoms with Crippen LogP contribution in [0.4, 0.5) is 0 Å². The molecule has 2 N–H and O–H groups in total. The number of carbonyl (C=O) groups is 1. The van der Waals surface area contributed by atoms with E-state index in [0.29, 0.717) is 0 Å². The summed E-state index contributed by atoms with van der Waals surface area (Å²) in [6.07, 6.45) is 8.27. The van der Waals surface area contributed by atoms with Crippen molar-refractivity contribution in [2.45, 2.75) is 64.0 Å². The molecule has 0 bridgehead atoms. The molecule has 1 aromatic carbocycles. The van der Waals surface area contributed by atoms with Crippen LogP contribution in [0.5, 0.6) is 0 Å². The number of allylic oxidation sites excluding steroid dienone is 2. The molecule has 3 heteroatoms. The predicted octanol–water partition coefficient (Wildman–Crippen LogP) is 3.60. The standard InChI is InChI=1S/C20H27NO2/c1-14-4-2-3-5-19(14)15-6-8-16(9-7-15)20(23)21-17-10-12-18(22)13-11-17/h2-6,16-18,22H,7-13H2,1H3,(H,21,23). The van der Waals surface area contributed by atoms with Gasteiger partial charge in [-0.3, -0.25) is 4.79 Å². The zero-order valence-corrected chi connectivity index (χ0v) is 13.9. The summed E-state index contributed by atoms with van der Waals surface area (Å²) in [5, 5.41) is 12.7. The first-order valence-corrected chi connectivity index (χ1v) is 8.87. The summed E-state index contributed by atoms with van der Waals surface area (Å²) in [5.74, 6) is 0.307. The zero-order chi connectivity index (χ0) is 16.2. The van der Waals surface area contributed by atoms with Gasteiger partial charge in [-0.05, 0) is 68.6 Å². The van der Waals surface area contributed by atoms with Crippen molar-refractivity contribution in [3.05, 3.63) is 41.5 Å². The lowest BCUT2D eigenvalue weighted by molar-refractivity contribution is -0.126. The second-order valence-corrected chi connectivity index (χ2v) is 7.03. The molecule has 1 fully saturated rings. The molecule has 2 aliphatic rings. The minimum absolute atomic E-state index is 0.106. The van der Waals surface area contributed by atoms with Crippen LogP contribution in [0, 0.1) is 12.8 Å². The monoisotopic (exact) mass is 313 g/mol. The normalized spacial score (nSPS) is 28.1. The number of nitrogens with one attached hydrogen (secondary N) is 1. The van der Waals surface area contributed by atoms with Crippen LogP contribution in [0.15, 0.2) is 30.3 Å². The molecule has 3 rings (SSSR count). The topological polar surface area (TPSA) is 49.3 Å². The van der Waals surface area contributed by atoms with Gasteiger partial charge in [0.05, 0.1) is 6.10 Å². The first-order chi connectivity index (χ1) is 11.1. The lowest BCUT2D eigenvalue weighted by atomic mass is 9.84. The van der Waals surface area contributed by atoms with E-state index in [2.05, 4.69) is 42.6 Å². The highest BCUT2D eigenvalue weighted by atomic mass is 16.3. The average Bonchev–Trinajstić information content (AvgIpc) is 2.57. The molecule has 0 heterocycles. The van der Waals surface area contributed by atoms with Crippen molar-refractivity contribution in [3.63, 3.8) is 0 Å². The van der Waals surface area contributed by atoms with Crippen LogP contribution in [0.3, 0.4) is 0 Å². The lowest BCUT2D eigenvalue weighted by Crippen LogP contribution is -2.41. The molecule has 0 aromatic heterocycles. The Balaban J connectivity index is 1.56. The number of carbonyl (C=O) groups excluding carboxylic acids is 1. The fourth-order valence-electron chi connectivity index (χ4n) is 3.79. The first-order valence-electron chi connectivity index (χ1n) is 8.87. The Hall–Kier alpha value is -1.61. The minimum atomic E-state index is -0.169. The molecule has 0 spiro atoms. The van der Waals surface area contributed by atoms with Crippen LogP contribution in [0.2, 0.25) is 0 Å².